The van der Waals surface area contributed by atoms with Gasteiger partial charge in [0, 0.05) is 6.04 Å². The molecule has 90 valence electrons. The molecule has 3 rings (SSSR count). The van der Waals surface area contributed by atoms with E-state index in [9.17, 15) is 14.3 Å². The Morgan fingerprint density at radius 3 is 2.82 bits per heavy atom. The monoisotopic (exact) mass is 235 g/mol. The largest absolute Gasteiger partial charge is 0.481 e. The molecule has 17 heavy (non-hydrogen) atoms. The topological polar surface area (TPSA) is 49.3 Å². The summed E-state index contributed by atoms with van der Waals surface area (Å²) in [6.45, 7) is 0. The summed E-state index contributed by atoms with van der Waals surface area (Å²) >= 11 is 0. The summed E-state index contributed by atoms with van der Waals surface area (Å²) in [7, 11) is 0. The Bertz CT molecular complexity index is 470. The maximum absolute atomic E-state index is 13.7. The van der Waals surface area contributed by atoms with E-state index in [1.807, 2.05) is 0 Å². The van der Waals surface area contributed by atoms with E-state index >= 15 is 0 Å². The Kier molecular flexibility index (Phi) is 2.31. The number of nitrogens with one attached hydrogen (secondary N) is 1. The van der Waals surface area contributed by atoms with E-state index in [1.165, 1.54) is 6.07 Å². The van der Waals surface area contributed by atoms with Gasteiger partial charge in [-0.1, -0.05) is 12.1 Å². The molecule has 2 N–H and O–H groups in total. The van der Waals surface area contributed by atoms with E-state index in [2.05, 4.69) is 5.32 Å². The molecule has 0 aromatic heterocycles. The number of anilines is 1. The molecule has 1 heterocycles. The van der Waals surface area contributed by atoms with Crippen molar-refractivity contribution in [2.45, 2.75) is 31.2 Å². The lowest BCUT2D eigenvalue weighted by Crippen LogP contribution is -2.33. The summed E-state index contributed by atoms with van der Waals surface area (Å²) in [5.41, 5.74) is 0.970. The van der Waals surface area contributed by atoms with Gasteiger partial charge in [-0.2, -0.15) is 0 Å². The second kappa shape index (κ2) is 3.72. The van der Waals surface area contributed by atoms with Gasteiger partial charge in [0.1, 0.15) is 5.82 Å². The number of para-hydroxylation sites is 1. The first-order valence-corrected chi connectivity index (χ1v) is 5.94. The van der Waals surface area contributed by atoms with Gasteiger partial charge in [-0.3, -0.25) is 4.79 Å². The number of benzene rings is 1. The number of fused-ring (bicyclic) bond motifs is 1. The lowest BCUT2D eigenvalue weighted by atomic mass is 9.85. The molecular formula is C13H14FNO2. The molecule has 0 spiro atoms. The summed E-state index contributed by atoms with van der Waals surface area (Å²) in [4.78, 5) is 11.3. The van der Waals surface area contributed by atoms with E-state index in [0.29, 0.717) is 23.6 Å². The second-order valence-electron chi connectivity index (χ2n) is 4.92. The van der Waals surface area contributed by atoms with Crippen LogP contribution in [0.3, 0.4) is 0 Å². The smallest absolute Gasteiger partial charge is 0.311 e. The van der Waals surface area contributed by atoms with Crippen LogP contribution < -0.4 is 5.32 Å². The third kappa shape index (κ3) is 1.77. The van der Waals surface area contributed by atoms with Gasteiger partial charge in [0.05, 0.1) is 11.6 Å². The van der Waals surface area contributed by atoms with Gasteiger partial charge in [-0.05, 0) is 36.8 Å². The van der Waals surface area contributed by atoms with Crippen molar-refractivity contribution in [1.82, 2.24) is 0 Å². The predicted molar refractivity (Wildman–Crippen MR) is 61.5 cm³/mol. The van der Waals surface area contributed by atoms with E-state index in [0.717, 1.165) is 12.8 Å². The summed E-state index contributed by atoms with van der Waals surface area (Å²) in [6, 6.07) is 4.76. The first-order valence-electron chi connectivity index (χ1n) is 5.94. The third-order valence-corrected chi connectivity index (χ3v) is 3.73. The van der Waals surface area contributed by atoms with Crippen LogP contribution in [0.1, 0.15) is 30.7 Å². The minimum atomic E-state index is -0.857. The van der Waals surface area contributed by atoms with E-state index in [4.69, 9.17) is 0 Å². The van der Waals surface area contributed by atoms with Crippen molar-refractivity contribution in [3.05, 3.63) is 29.6 Å². The molecule has 4 heteroatoms. The van der Waals surface area contributed by atoms with Crippen LogP contribution in [0, 0.1) is 11.7 Å². The molecule has 1 saturated carbocycles. The Balaban J connectivity index is 2.02. The number of aliphatic carboxylic acids is 1. The van der Waals surface area contributed by atoms with Crippen LogP contribution in [0.5, 0.6) is 0 Å². The van der Waals surface area contributed by atoms with E-state index in [1.54, 1.807) is 12.1 Å². The van der Waals surface area contributed by atoms with Crippen molar-refractivity contribution in [3.8, 4) is 0 Å². The van der Waals surface area contributed by atoms with Gasteiger partial charge < -0.3 is 10.4 Å². The fraction of sp³-hybridized carbons (Fsp3) is 0.462. The van der Waals surface area contributed by atoms with Gasteiger partial charge in [0.15, 0.2) is 0 Å². The molecule has 2 atom stereocenters. The normalized spacial score (nSPS) is 27.1. The molecule has 0 amide bonds. The summed E-state index contributed by atoms with van der Waals surface area (Å²) in [5.74, 6) is -1.26. The third-order valence-electron chi connectivity index (χ3n) is 3.73. The molecule has 1 aromatic carbocycles. The highest BCUT2D eigenvalue weighted by Crippen LogP contribution is 2.44. The van der Waals surface area contributed by atoms with Crippen LogP contribution >= 0.6 is 0 Å². The molecule has 0 radical (unpaired) electrons. The Morgan fingerprint density at radius 1 is 1.41 bits per heavy atom. The number of hydrogen-bond donors (Lipinski definition) is 2. The summed E-state index contributed by atoms with van der Waals surface area (Å²) < 4.78 is 13.7. The Morgan fingerprint density at radius 2 is 2.18 bits per heavy atom. The average Bonchev–Trinajstić information content (AvgIpc) is 3.12. The van der Waals surface area contributed by atoms with Gasteiger partial charge in [0.2, 0.25) is 0 Å². The van der Waals surface area contributed by atoms with Crippen molar-refractivity contribution >= 4 is 11.7 Å². The standard InChI is InChI=1S/C13H14FNO2/c14-10-3-1-2-8-9(13(16)17)6-11(7-4-5-7)15-12(8)10/h1-3,7,9,11,15H,4-6H2,(H,16,17). The highest BCUT2D eigenvalue weighted by atomic mass is 19.1. The molecule has 1 aliphatic carbocycles. The number of carboxylic acid groups (broad SMARTS) is 1. The van der Waals surface area contributed by atoms with Gasteiger partial charge in [-0.25, -0.2) is 4.39 Å². The quantitative estimate of drug-likeness (QED) is 0.828. The average molecular weight is 235 g/mol. The number of carboxylic acids is 1. The second-order valence-corrected chi connectivity index (χ2v) is 4.92. The molecule has 0 bridgehead atoms. The van der Waals surface area contributed by atoms with Crippen molar-refractivity contribution in [3.63, 3.8) is 0 Å². The number of halogens is 1. The molecule has 0 saturated heterocycles. The van der Waals surface area contributed by atoms with Crippen molar-refractivity contribution in [1.29, 1.82) is 0 Å². The zero-order valence-electron chi connectivity index (χ0n) is 9.32. The lowest BCUT2D eigenvalue weighted by molar-refractivity contribution is -0.139. The molecule has 1 aliphatic heterocycles. The zero-order chi connectivity index (χ0) is 12.0. The van der Waals surface area contributed by atoms with Gasteiger partial charge in [-0.15, -0.1) is 0 Å². The Hall–Kier alpha value is -1.58. The zero-order valence-corrected chi connectivity index (χ0v) is 9.32. The van der Waals surface area contributed by atoms with Crippen molar-refractivity contribution in [2.75, 3.05) is 5.32 Å². The highest BCUT2D eigenvalue weighted by molar-refractivity contribution is 5.80. The fourth-order valence-corrected chi connectivity index (χ4v) is 2.65. The van der Waals surface area contributed by atoms with Gasteiger partial charge in [0.25, 0.3) is 0 Å². The highest BCUT2D eigenvalue weighted by Gasteiger charge is 2.39. The summed E-state index contributed by atoms with van der Waals surface area (Å²) in [5, 5.41) is 12.4. The van der Waals surface area contributed by atoms with Crippen molar-refractivity contribution < 1.29 is 14.3 Å². The SMILES string of the molecule is O=C(O)C1CC(C2CC2)Nc2c(F)cccc21. The maximum Gasteiger partial charge on any atom is 0.311 e. The van der Waals surface area contributed by atoms with Crippen LogP contribution in [0.15, 0.2) is 18.2 Å². The number of rotatable bonds is 2. The van der Waals surface area contributed by atoms with Crippen LogP contribution in [-0.2, 0) is 4.79 Å². The molecule has 2 aliphatic rings. The van der Waals surface area contributed by atoms with Crippen LogP contribution in [-0.4, -0.2) is 17.1 Å². The predicted octanol–water partition coefficient (Wildman–Crippen LogP) is 2.59. The first kappa shape index (κ1) is 10.6. The lowest BCUT2D eigenvalue weighted by Gasteiger charge is -2.31. The molecular weight excluding hydrogens is 221 g/mol. The summed E-state index contributed by atoms with van der Waals surface area (Å²) in [6.07, 6.45) is 2.80. The molecule has 3 nitrogen and oxygen atoms in total. The minimum absolute atomic E-state index is 0.112. The minimum Gasteiger partial charge on any atom is -0.481 e. The Labute approximate surface area is 98.6 Å². The van der Waals surface area contributed by atoms with Gasteiger partial charge >= 0.3 is 5.97 Å². The molecule has 1 fully saturated rings. The number of carbonyl (C=O) groups is 1. The fourth-order valence-electron chi connectivity index (χ4n) is 2.65. The maximum atomic E-state index is 13.7. The van der Waals surface area contributed by atoms with Crippen LogP contribution in [0.4, 0.5) is 10.1 Å². The number of hydrogen-bond acceptors (Lipinski definition) is 2. The van der Waals surface area contributed by atoms with E-state index < -0.39 is 11.9 Å². The van der Waals surface area contributed by atoms with E-state index in [-0.39, 0.29) is 11.9 Å². The molecule has 2 unspecified atom stereocenters. The molecule has 1 aromatic rings. The van der Waals surface area contributed by atoms with Crippen molar-refractivity contribution in [2.24, 2.45) is 5.92 Å². The first-order chi connectivity index (χ1) is 8.16. The van der Waals surface area contributed by atoms with Crippen LogP contribution in [0.2, 0.25) is 0 Å². The van der Waals surface area contributed by atoms with Crippen LogP contribution in [0.25, 0.3) is 0 Å².